The van der Waals surface area contributed by atoms with Crippen molar-refractivity contribution in [3.05, 3.63) is 12.2 Å². The second-order valence-electron chi connectivity index (χ2n) is 11.4. The van der Waals surface area contributed by atoms with Gasteiger partial charge in [-0.2, -0.15) is 0 Å². The molecule has 13 heteroatoms. The lowest BCUT2D eigenvalue weighted by atomic mass is 9.96. The summed E-state index contributed by atoms with van der Waals surface area (Å²) < 4.78 is 10.9. The molecule has 0 aromatic rings. The number of urea groups is 1. The molecule has 0 aliphatic carbocycles. The molecule has 1 unspecified atom stereocenters. The first-order valence-electron chi connectivity index (χ1n) is 14.2. The predicted molar refractivity (Wildman–Crippen MR) is 156 cm³/mol. The molecule has 0 bridgehead atoms. The molecule has 12 nitrogen and oxygen atoms in total. The van der Waals surface area contributed by atoms with Gasteiger partial charge in [-0.05, 0) is 59.8 Å². The first kappa shape index (κ1) is 36.2. The van der Waals surface area contributed by atoms with E-state index in [1.54, 1.807) is 13.8 Å². The third kappa shape index (κ3) is 14.6. The molecule has 0 aromatic heterocycles. The van der Waals surface area contributed by atoms with Gasteiger partial charge in [-0.1, -0.05) is 19.9 Å². The molecule has 1 heterocycles. The molecule has 1 aliphatic rings. The molecular formula is C28H48ClN5O7. The van der Waals surface area contributed by atoms with Crippen molar-refractivity contribution in [3.8, 4) is 0 Å². The van der Waals surface area contributed by atoms with Crippen molar-refractivity contribution in [3.63, 3.8) is 0 Å². The normalized spacial score (nSPS) is 18.3. The van der Waals surface area contributed by atoms with Gasteiger partial charge in [0.1, 0.15) is 12.1 Å². The summed E-state index contributed by atoms with van der Waals surface area (Å²) in [4.78, 5) is 63.6. The average molecular weight is 602 g/mol. The summed E-state index contributed by atoms with van der Waals surface area (Å²) in [5.74, 6) is -1.87. The van der Waals surface area contributed by atoms with E-state index in [1.165, 1.54) is 12.2 Å². The van der Waals surface area contributed by atoms with Crippen molar-refractivity contribution in [1.82, 2.24) is 26.6 Å². The lowest BCUT2D eigenvalue weighted by molar-refractivity contribution is -0.137. The number of halogens is 1. The van der Waals surface area contributed by atoms with Crippen LogP contribution in [0.4, 0.5) is 4.79 Å². The summed E-state index contributed by atoms with van der Waals surface area (Å²) in [5.41, 5.74) is -0.605. The van der Waals surface area contributed by atoms with Crippen molar-refractivity contribution >= 4 is 41.3 Å². The number of alkyl halides is 1. The zero-order valence-corrected chi connectivity index (χ0v) is 26.1. The van der Waals surface area contributed by atoms with E-state index in [2.05, 4.69) is 26.6 Å². The highest BCUT2D eigenvalue weighted by molar-refractivity contribution is 6.18. The van der Waals surface area contributed by atoms with Gasteiger partial charge in [0.05, 0.1) is 18.3 Å². The number of nitrogens with one attached hydrogen (secondary N) is 5. The van der Waals surface area contributed by atoms with E-state index < -0.39 is 53.6 Å². The Morgan fingerprint density at radius 1 is 1.10 bits per heavy atom. The van der Waals surface area contributed by atoms with Gasteiger partial charge in [-0.3, -0.25) is 14.4 Å². The van der Waals surface area contributed by atoms with E-state index in [1.807, 2.05) is 34.6 Å². The van der Waals surface area contributed by atoms with Crippen LogP contribution in [-0.2, 0) is 28.7 Å². The molecule has 0 radical (unpaired) electrons. The Kier molecular flexibility index (Phi) is 15.7. The monoisotopic (exact) mass is 601 g/mol. The van der Waals surface area contributed by atoms with E-state index in [0.717, 1.165) is 0 Å². The minimum Gasteiger partial charge on any atom is -0.463 e. The van der Waals surface area contributed by atoms with Crippen LogP contribution in [0.2, 0.25) is 0 Å². The number of carbonyl (C=O) groups excluding carboxylic acids is 5. The predicted octanol–water partition coefficient (Wildman–Crippen LogP) is 1.76. The van der Waals surface area contributed by atoms with Crippen LogP contribution in [0.15, 0.2) is 12.2 Å². The molecule has 1 saturated heterocycles. The molecule has 5 amide bonds. The molecule has 0 aromatic carbocycles. The van der Waals surface area contributed by atoms with Gasteiger partial charge in [-0.15, -0.1) is 11.6 Å². The molecule has 1 fully saturated rings. The Balaban J connectivity index is 3.16. The van der Waals surface area contributed by atoms with Gasteiger partial charge in [0.15, 0.2) is 0 Å². The number of carbonyl (C=O) groups is 5. The van der Waals surface area contributed by atoms with Crippen LogP contribution >= 0.6 is 11.6 Å². The highest BCUT2D eigenvalue weighted by atomic mass is 35.5. The lowest BCUT2D eigenvalue weighted by Gasteiger charge is -2.32. The minimum absolute atomic E-state index is 0.0295. The molecule has 234 valence electrons. The van der Waals surface area contributed by atoms with Crippen molar-refractivity contribution in [1.29, 1.82) is 0 Å². The van der Waals surface area contributed by atoms with Gasteiger partial charge >= 0.3 is 12.0 Å². The summed E-state index contributed by atoms with van der Waals surface area (Å²) in [6, 6.07) is -3.34. The largest absolute Gasteiger partial charge is 0.463 e. The summed E-state index contributed by atoms with van der Waals surface area (Å²) in [7, 11) is 0. The summed E-state index contributed by atoms with van der Waals surface area (Å²) in [5, 5.41) is 13.6. The smallest absolute Gasteiger partial charge is 0.330 e. The first-order chi connectivity index (χ1) is 19.2. The van der Waals surface area contributed by atoms with Gasteiger partial charge in [0, 0.05) is 37.0 Å². The highest BCUT2D eigenvalue weighted by Gasteiger charge is 2.34. The molecular weight excluding hydrogens is 554 g/mol. The highest BCUT2D eigenvalue weighted by Crippen LogP contribution is 2.18. The summed E-state index contributed by atoms with van der Waals surface area (Å²) in [6.07, 6.45) is 3.17. The van der Waals surface area contributed by atoms with Crippen LogP contribution in [0.1, 0.15) is 67.7 Å². The Labute approximate surface area is 248 Å². The molecule has 41 heavy (non-hydrogen) atoms. The van der Waals surface area contributed by atoms with E-state index in [4.69, 9.17) is 21.1 Å². The zero-order valence-electron chi connectivity index (χ0n) is 25.3. The first-order valence-corrected chi connectivity index (χ1v) is 14.7. The second kappa shape index (κ2) is 17.8. The van der Waals surface area contributed by atoms with Gasteiger partial charge in [-0.25, -0.2) is 9.59 Å². The maximum atomic E-state index is 13.5. The van der Waals surface area contributed by atoms with Gasteiger partial charge < -0.3 is 36.1 Å². The third-order valence-corrected chi connectivity index (χ3v) is 6.27. The Hall–Kier alpha value is -2.86. The lowest BCUT2D eigenvalue weighted by Crippen LogP contribution is -2.60. The molecule has 5 atom stereocenters. The molecule has 1 rings (SSSR count). The maximum absolute atomic E-state index is 13.5. The Morgan fingerprint density at radius 3 is 2.32 bits per heavy atom. The Bertz CT molecular complexity index is 922. The van der Waals surface area contributed by atoms with Crippen LogP contribution in [-0.4, -0.2) is 85.1 Å². The van der Waals surface area contributed by atoms with Crippen LogP contribution in [0.3, 0.4) is 0 Å². The molecule has 0 saturated carbocycles. The minimum atomic E-state index is -1.12. The number of esters is 1. The van der Waals surface area contributed by atoms with Crippen LogP contribution in [0.25, 0.3) is 0 Å². The van der Waals surface area contributed by atoms with Crippen molar-refractivity contribution in [2.45, 2.75) is 97.6 Å². The fourth-order valence-electron chi connectivity index (χ4n) is 4.37. The molecule has 1 aliphatic heterocycles. The van der Waals surface area contributed by atoms with E-state index in [9.17, 15) is 24.0 Å². The molecule has 0 spiro atoms. The second-order valence-corrected chi connectivity index (χ2v) is 11.8. The van der Waals surface area contributed by atoms with Crippen LogP contribution in [0, 0.1) is 11.8 Å². The van der Waals surface area contributed by atoms with Crippen LogP contribution < -0.4 is 26.6 Å². The van der Waals surface area contributed by atoms with Gasteiger partial charge in [0.2, 0.25) is 17.7 Å². The van der Waals surface area contributed by atoms with Crippen molar-refractivity contribution < 1.29 is 33.4 Å². The quantitative estimate of drug-likeness (QED) is 0.102. The van der Waals surface area contributed by atoms with Crippen LogP contribution in [0.5, 0.6) is 0 Å². The number of ether oxygens (including phenoxy) is 2. The fraction of sp³-hybridized carbons (Fsp3) is 0.750. The van der Waals surface area contributed by atoms with E-state index >= 15 is 0 Å². The SMILES string of the molecule is CCOC(=O)/C=C/[C@H](C[C@@H]1CCNC1=O)NC(=O)[C@H](CC(C)C)NC(=O)[C@@H](NC(=O)NCCCl)C(C)OC(C)(C)C. The molecule has 5 N–H and O–H groups in total. The number of amides is 5. The Morgan fingerprint density at radius 2 is 1.78 bits per heavy atom. The third-order valence-electron chi connectivity index (χ3n) is 6.08. The number of rotatable bonds is 16. The number of hydrogen-bond donors (Lipinski definition) is 5. The number of hydrogen-bond acceptors (Lipinski definition) is 7. The zero-order chi connectivity index (χ0) is 31.2. The van der Waals surface area contributed by atoms with E-state index in [-0.39, 0.29) is 43.2 Å². The van der Waals surface area contributed by atoms with Crippen molar-refractivity contribution in [2.24, 2.45) is 11.8 Å². The maximum Gasteiger partial charge on any atom is 0.330 e. The standard InChI is InChI=1S/C28H48ClN5O7/c1-8-40-22(35)10-9-20(16-19-11-13-30-24(19)36)32-25(37)21(15-17(2)3)33-26(38)23(18(4)41-28(5,6)7)34-27(39)31-14-12-29/h9-10,17-21,23H,8,11-16H2,1-7H3,(H,30,36)(H,32,37)(H,33,38)(H2,31,34,39)/b10-9+/t18?,19-,20+,21-,23-/m0/s1. The van der Waals surface area contributed by atoms with Gasteiger partial charge in [0.25, 0.3) is 0 Å². The van der Waals surface area contributed by atoms with E-state index in [0.29, 0.717) is 19.4 Å². The fourth-order valence-corrected chi connectivity index (χ4v) is 4.46. The summed E-state index contributed by atoms with van der Waals surface area (Å²) in [6.45, 7) is 13.6. The topological polar surface area (TPSA) is 164 Å². The average Bonchev–Trinajstić information content (AvgIpc) is 3.26. The van der Waals surface area contributed by atoms with Crippen molar-refractivity contribution in [2.75, 3.05) is 25.6 Å². The summed E-state index contributed by atoms with van der Waals surface area (Å²) >= 11 is 5.66.